The molecule has 1 heterocycles. The molecule has 0 fully saturated rings. The largest absolute Gasteiger partial charge is 1.00 e. The number of carbonyl (C=O) groups excluding carboxylic acids is 1. The molecule has 8 heteroatoms. The molecule has 0 unspecified atom stereocenters. The number of hydrogen-bond acceptors (Lipinski definition) is 3. The fraction of sp³-hybridized carbons (Fsp3) is 0.529. The quantitative estimate of drug-likeness (QED) is 0.117. The maximum Gasteiger partial charge on any atom is 0.321 e. The Kier molecular flexibility index (Phi) is 17.8. The Balaban J connectivity index is 0.00000616. The number of nitrogens with zero attached hydrogens (tertiary/aromatic N) is 2. The summed E-state index contributed by atoms with van der Waals surface area (Å²) in [7, 11) is 1.66. The summed E-state index contributed by atoms with van der Waals surface area (Å²) >= 11 is 8.20. The van der Waals surface area contributed by atoms with Crippen LogP contribution in [0, 0.1) is 6.92 Å². The predicted molar refractivity (Wildman–Crippen MR) is 173 cm³/mol. The SMILES string of the molecule is CCCCCCCCCCCCCCOc1cc(CN(C(=O)NC)c2cccc(C[n+]3csc(C)c3)c2)ccc1Cl.[Br-]. The Morgan fingerprint density at radius 1 is 0.929 bits per heavy atom. The zero-order valence-corrected chi connectivity index (χ0v) is 28.8. The van der Waals surface area contributed by atoms with Crippen LogP contribution in [0.25, 0.3) is 0 Å². The molecule has 0 spiro atoms. The Morgan fingerprint density at radius 3 is 2.21 bits per heavy atom. The van der Waals surface area contributed by atoms with Gasteiger partial charge in [-0.2, -0.15) is 4.57 Å². The van der Waals surface area contributed by atoms with E-state index in [1.54, 1.807) is 23.3 Å². The lowest BCUT2D eigenvalue weighted by atomic mass is 10.1. The lowest BCUT2D eigenvalue weighted by Crippen LogP contribution is -3.00. The predicted octanol–water partition coefficient (Wildman–Crippen LogP) is 6.48. The van der Waals surface area contributed by atoms with Gasteiger partial charge in [0.15, 0.2) is 12.7 Å². The number of unbranched alkanes of at least 4 members (excludes halogenated alkanes) is 11. The highest BCUT2D eigenvalue weighted by atomic mass is 79.9. The van der Waals surface area contributed by atoms with Crippen molar-refractivity contribution >= 4 is 34.7 Å². The molecule has 0 atom stereocenters. The molecule has 5 nitrogen and oxygen atoms in total. The molecule has 3 aromatic rings. The van der Waals surface area contributed by atoms with Crippen LogP contribution in [0.2, 0.25) is 5.02 Å². The average molecular weight is 679 g/mol. The van der Waals surface area contributed by atoms with E-state index in [2.05, 4.69) is 47.6 Å². The smallest absolute Gasteiger partial charge is 0.321 e. The minimum atomic E-state index is -0.157. The summed E-state index contributed by atoms with van der Waals surface area (Å²) in [5.74, 6) is 0.682. The second kappa shape index (κ2) is 20.8. The Hall–Kier alpha value is -2.09. The van der Waals surface area contributed by atoms with Crippen LogP contribution in [0.15, 0.2) is 54.2 Å². The molecule has 3 rings (SSSR count). The normalized spacial score (nSPS) is 10.8. The molecule has 0 radical (unpaired) electrons. The molecule has 0 bridgehead atoms. The van der Waals surface area contributed by atoms with E-state index < -0.39 is 0 Å². The van der Waals surface area contributed by atoms with Gasteiger partial charge in [0.1, 0.15) is 5.75 Å². The molecule has 232 valence electrons. The van der Waals surface area contributed by atoms with Crippen molar-refractivity contribution in [3.05, 3.63) is 75.2 Å². The summed E-state index contributed by atoms with van der Waals surface area (Å²) in [5.41, 5.74) is 5.08. The maximum atomic E-state index is 12.9. The van der Waals surface area contributed by atoms with Gasteiger partial charge in [0.25, 0.3) is 0 Å². The molecule has 1 N–H and O–H groups in total. The van der Waals surface area contributed by atoms with Crippen LogP contribution in [-0.4, -0.2) is 19.7 Å². The van der Waals surface area contributed by atoms with E-state index in [1.807, 2.05) is 30.3 Å². The first-order valence-corrected chi connectivity index (χ1v) is 16.7. The van der Waals surface area contributed by atoms with Gasteiger partial charge in [-0.05, 0) is 43.2 Å². The van der Waals surface area contributed by atoms with E-state index in [0.717, 1.165) is 29.8 Å². The van der Waals surface area contributed by atoms with Crippen molar-refractivity contribution in [3.8, 4) is 5.75 Å². The summed E-state index contributed by atoms with van der Waals surface area (Å²) in [5, 5.41) is 3.39. The number of thiazole rings is 1. The van der Waals surface area contributed by atoms with Gasteiger partial charge >= 0.3 is 6.03 Å². The van der Waals surface area contributed by atoms with Gasteiger partial charge in [0, 0.05) is 18.3 Å². The first kappa shape index (κ1) is 36.1. The highest BCUT2D eigenvalue weighted by Crippen LogP contribution is 2.28. The summed E-state index contributed by atoms with van der Waals surface area (Å²) in [4.78, 5) is 15.9. The van der Waals surface area contributed by atoms with E-state index in [4.69, 9.17) is 16.3 Å². The standard InChI is InChI=1S/C34H48ClN3O2S.BrH/c1-4-5-6-7-8-9-10-11-12-13-14-15-21-40-33-23-30(19-20-32(33)35)26-38(34(39)36-3)31-18-16-17-29(22-31)25-37-24-28(2)41-27-37;/h16-20,22-24,27H,4-15,21,25-26H2,1-3H3;1H. The molecule has 0 aliphatic rings. The second-order valence-corrected chi connectivity index (χ2v) is 12.4. The highest BCUT2D eigenvalue weighted by Gasteiger charge is 2.17. The topological polar surface area (TPSA) is 45.5 Å². The van der Waals surface area contributed by atoms with Crippen LogP contribution in [0.4, 0.5) is 10.5 Å². The Labute approximate surface area is 273 Å². The fourth-order valence-electron chi connectivity index (χ4n) is 5.04. The number of nitrogens with one attached hydrogen (secondary N) is 1. The van der Waals surface area contributed by atoms with Gasteiger partial charge in [-0.15, -0.1) is 0 Å². The number of carbonyl (C=O) groups is 1. The van der Waals surface area contributed by atoms with Crippen LogP contribution in [0.3, 0.4) is 0 Å². The molecule has 0 aliphatic carbocycles. The monoisotopic (exact) mass is 677 g/mol. The third kappa shape index (κ3) is 13.0. The number of hydrogen-bond donors (Lipinski definition) is 1. The molecule has 2 amide bonds. The average Bonchev–Trinajstić information content (AvgIpc) is 3.39. The molecule has 2 aromatic carbocycles. The number of anilines is 1. The molecule has 0 saturated heterocycles. The molecule has 0 aliphatic heterocycles. The van der Waals surface area contributed by atoms with Crippen molar-refractivity contribution in [3.63, 3.8) is 0 Å². The van der Waals surface area contributed by atoms with Crippen molar-refractivity contribution in [2.75, 3.05) is 18.6 Å². The fourth-order valence-corrected chi connectivity index (χ4v) is 5.85. The zero-order valence-electron chi connectivity index (χ0n) is 25.7. The number of aromatic nitrogens is 1. The maximum absolute atomic E-state index is 12.9. The van der Waals surface area contributed by atoms with E-state index in [-0.39, 0.29) is 23.0 Å². The van der Waals surface area contributed by atoms with Crippen LogP contribution < -0.4 is 36.5 Å². The zero-order chi connectivity index (χ0) is 29.3. The molecule has 0 saturated carbocycles. The summed E-state index contributed by atoms with van der Waals surface area (Å²) < 4.78 is 8.25. The summed E-state index contributed by atoms with van der Waals surface area (Å²) in [6, 6.07) is 13.8. The van der Waals surface area contributed by atoms with Gasteiger partial charge in [-0.3, -0.25) is 4.90 Å². The number of aryl methyl sites for hydroxylation is 1. The van der Waals surface area contributed by atoms with Crippen LogP contribution in [-0.2, 0) is 13.1 Å². The van der Waals surface area contributed by atoms with Gasteiger partial charge in [0.05, 0.1) is 23.1 Å². The molecular formula is C34H49BrClN3O2S. The number of ether oxygens (including phenoxy) is 1. The molecular weight excluding hydrogens is 630 g/mol. The van der Waals surface area contributed by atoms with Gasteiger partial charge < -0.3 is 27.0 Å². The van der Waals surface area contributed by atoms with Crippen LogP contribution >= 0.6 is 22.9 Å². The number of rotatable bonds is 19. The Bertz CT molecular complexity index is 1190. The molecule has 42 heavy (non-hydrogen) atoms. The second-order valence-electron chi connectivity index (χ2n) is 10.9. The van der Waals surface area contributed by atoms with E-state index in [0.29, 0.717) is 23.9 Å². The lowest BCUT2D eigenvalue weighted by molar-refractivity contribution is -0.683. The van der Waals surface area contributed by atoms with Crippen molar-refractivity contribution in [1.82, 2.24) is 5.32 Å². The Morgan fingerprint density at radius 2 is 1.60 bits per heavy atom. The number of benzene rings is 2. The minimum absolute atomic E-state index is 0. The van der Waals surface area contributed by atoms with E-state index >= 15 is 0 Å². The first-order chi connectivity index (χ1) is 20.0. The van der Waals surface area contributed by atoms with Crippen molar-refractivity contribution in [2.24, 2.45) is 0 Å². The summed E-state index contributed by atoms with van der Waals surface area (Å²) in [6.07, 6.45) is 17.9. The lowest BCUT2D eigenvalue weighted by Gasteiger charge is -2.23. The highest BCUT2D eigenvalue weighted by molar-refractivity contribution is 7.09. The van der Waals surface area contributed by atoms with Crippen molar-refractivity contribution < 1.29 is 31.1 Å². The van der Waals surface area contributed by atoms with Gasteiger partial charge in [-0.25, -0.2) is 4.79 Å². The first-order valence-electron chi connectivity index (χ1n) is 15.4. The van der Waals surface area contributed by atoms with Gasteiger partial charge in [0.2, 0.25) is 5.51 Å². The number of halogens is 2. The third-order valence-corrected chi connectivity index (χ3v) is 8.53. The third-order valence-electron chi connectivity index (χ3n) is 7.36. The minimum Gasteiger partial charge on any atom is -1.00 e. The molecule has 1 aromatic heterocycles. The number of amides is 2. The van der Waals surface area contributed by atoms with Crippen LogP contribution in [0.1, 0.15) is 100.0 Å². The summed E-state index contributed by atoms with van der Waals surface area (Å²) in [6.45, 7) is 6.21. The van der Waals surface area contributed by atoms with Gasteiger partial charge in [-0.1, -0.05) is 119 Å². The van der Waals surface area contributed by atoms with E-state index in [9.17, 15) is 4.79 Å². The van der Waals surface area contributed by atoms with Crippen molar-refractivity contribution in [1.29, 1.82) is 0 Å². The van der Waals surface area contributed by atoms with Crippen molar-refractivity contribution in [2.45, 2.75) is 104 Å². The van der Waals surface area contributed by atoms with Crippen LogP contribution in [0.5, 0.6) is 5.75 Å². The van der Waals surface area contributed by atoms with E-state index in [1.165, 1.54) is 75.5 Å². The number of urea groups is 1.